The van der Waals surface area contributed by atoms with Crippen LogP contribution in [-0.4, -0.2) is 12.6 Å². The topological polar surface area (TPSA) is 41.1 Å². The molecule has 0 aliphatic heterocycles. The van der Waals surface area contributed by atoms with Gasteiger partial charge in [-0.05, 0) is 42.3 Å². The quantitative estimate of drug-likeness (QED) is 0.831. The van der Waals surface area contributed by atoms with Gasteiger partial charge in [0.05, 0.1) is 0 Å². The van der Waals surface area contributed by atoms with E-state index in [0.29, 0.717) is 24.2 Å². The van der Waals surface area contributed by atoms with Crippen LogP contribution >= 0.6 is 0 Å². The van der Waals surface area contributed by atoms with Crippen LogP contribution in [-0.2, 0) is 6.42 Å². The maximum atomic E-state index is 12.7. The minimum absolute atomic E-state index is 0.266. The molecule has 4 heteroatoms. The molecule has 2 amide bonds. The summed E-state index contributed by atoms with van der Waals surface area (Å²) in [6.45, 7) is 0.465. The number of halogens is 1. The van der Waals surface area contributed by atoms with Crippen molar-refractivity contribution >= 4 is 11.7 Å². The number of anilines is 1. The molecular weight excluding hydrogens is 267 g/mol. The molecule has 21 heavy (non-hydrogen) atoms. The number of hydrogen-bond acceptors (Lipinski definition) is 1. The van der Waals surface area contributed by atoms with Crippen molar-refractivity contribution in [1.82, 2.24) is 5.32 Å². The van der Waals surface area contributed by atoms with Crippen LogP contribution in [0.2, 0.25) is 0 Å². The fourth-order valence-corrected chi connectivity index (χ4v) is 1.83. The Morgan fingerprint density at radius 1 is 1.19 bits per heavy atom. The van der Waals surface area contributed by atoms with E-state index in [2.05, 4.69) is 16.6 Å². The zero-order valence-corrected chi connectivity index (χ0v) is 11.4. The maximum Gasteiger partial charge on any atom is 0.319 e. The zero-order chi connectivity index (χ0) is 15.1. The van der Waals surface area contributed by atoms with Crippen LogP contribution in [0.4, 0.5) is 14.9 Å². The van der Waals surface area contributed by atoms with Gasteiger partial charge < -0.3 is 10.6 Å². The lowest BCUT2D eigenvalue weighted by atomic mass is 10.1. The number of amides is 2. The number of carbonyl (C=O) groups is 1. The molecule has 2 rings (SSSR count). The van der Waals surface area contributed by atoms with Gasteiger partial charge in [0.2, 0.25) is 0 Å². The predicted molar refractivity (Wildman–Crippen MR) is 81.5 cm³/mol. The second kappa shape index (κ2) is 7.11. The normalized spacial score (nSPS) is 9.71. The van der Waals surface area contributed by atoms with Crippen LogP contribution < -0.4 is 10.6 Å². The Bertz CT molecular complexity index is 659. The predicted octanol–water partition coefficient (Wildman–Crippen LogP) is 3.17. The summed E-state index contributed by atoms with van der Waals surface area (Å²) in [7, 11) is 0. The molecular formula is C17H15FN2O. The van der Waals surface area contributed by atoms with Crippen LogP contribution in [0.5, 0.6) is 0 Å². The van der Waals surface area contributed by atoms with E-state index in [1.807, 2.05) is 0 Å². The van der Waals surface area contributed by atoms with Crippen LogP contribution in [0.25, 0.3) is 0 Å². The van der Waals surface area contributed by atoms with E-state index in [4.69, 9.17) is 6.42 Å². The molecule has 2 aromatic rings. The highest BCUT2D eigenvalue weighted by Crippen LogP contribution is 2.09. The van der Waals surface area contributed by atoms with E-state index in [1.165, 1.54) is 12.1 Å². The number of carbonyl (C=O) groups excluding carboxylic acids is 1. The second-order valence-electron chi connectivity index (χ2n) is 4.48. The van der Waals surface area contributed by atoms with Crippen molar-refractivity contribution in [3.05, 3.63) is 65.5 Å². The van der Waals surface area contributed by atoms with Crippen molar-refractivity contribution in [2.75, 3.05) is 11.9 Å². The lowest BCUT2D eigenvalue weighted by Crippen LogP contribution is -2.30. The molecule has 0 saturated heterocycles. The largest absolute Gasteiger partial charge is 0.338 e. The van der Waals surface area contributed by atoms with Gasteiger partial charge in [-0.3, -0.25) is 0 Å². The highest BCUT2D eigenvalue weighted by molar-refractivity contribution is 5.89. The van der Waals surface area contributed by atoms with Gasteiger partial charge in [0, 0.05) is 17.8 Å². The first-order chi connectivity index (χ1) is 10.2. The SMILES string of the molecule is C#Cc1cccc(NC(=O)NCCc2ccc(F)cc2)c1. The monoisotopic (exact) mass is 282 g/mol. The fraction of sp³-hybridized carbons (Fsp3) is 0.118. The van der Waals surface area contributed by atoms with Crippen molar-refractivity contribution in [2.24, 2.45) is 0 Å². The average Bonchev–Trinajstić information content (AvgIpc) is 2.49. The molecule has 0 heterocycles. The van der Waals surface area contributed by atoms with E-state index in [1.54, 1.807) is 36.4 Å². The molecule has 2 N–H and O–H groups in total. The van der Waals surface area contributed by atoms with Crippen LogP contribution in [0, 0.1) is 18.2 Å². The third-order valence-electron chi connectivity index (χ3n) is 2.90. The number of urea groups is 1. The van der Waals surface area contributed by atoms with E-state index in [9.17, 15) is 9.18 Å². The Morgan fingerprint density at radius 2 is 1.95 bits per heavy atom. The van der Waals surface area contributed by atoms with E-state index >= 15 is 0 Å². The standard InChI is InChI=1S/C17H15FN2O/c1-2-13-4-3-5-16(12-13)20-17(21)19-11-10-14-6-8-15(18)9-7-14/h1,3-9,12H,10-11H2,(H2,19,20,21). The Labute approximate surface area is 123 Å². The first-order valence-corrected chi connectivity index (χ1v) is 6.53. The Morgan fingerprint density at radius 3 is 2.67 bits per heavy atom. The summed E-state index contributed by atoms with van der Waals surface area (Å²) in [5.74, 6) is 2.24. The number of hydrogen-bond donors (Lipinski definition) is 2. The molecule has 106 valence electrons. The zero-order valence-electron chi connectivity index (χ0n) is 11.4. The lowest BCUT2D eigenvalue weighted by molar-refractivity contribution is 0.252. The van der Waals surface area contributed by atoms with Gasteiger partial charge in [-0.15, -0.1) is 6.42 Å². The summed E-state index contributed by atoms with van der Waals surface area (Å²) in [4.78, 5) is 11.7. The van der Waals surface area contributed by atoms with Gasteiger partial charge >= 0.3 is 6.03 Å². The van der Waals surface area contributed by atoms with Gasteiger partial charge in [0.15, 0.2) is 0 Å². The van der Waals surface area contributed by atoms with Gasteiger partial charge in [-0.25, -0.2) is 9.18 Å². The average molecular weight is 282 g/mol. The summed E-state index contributed by atoms with van der Waals surface area (Å²) >= 11 is 0. The van der Waals surface area contributed by atoms with Gasteiger partial charge in [0.1, 0.15) is 5.82 Å². The third kappa shape index (κ3) is 4.66. The second-order valence-corrected chi connectivity index (χ2v) is 4.48. The van der Waals surface area contributed by atoms with Crippen molar-refractivity contribution in [3.63, 3.8) is 0 Å². The van der Waals surface area contributed by atoms with Crippen LogP contribution in [0.1, 0.15) is 11.1 Å². The van der Waals surface area contributed by atoms with Gasteiger partial charge in [-0.2, -0.15) is 0 Å². The highest BCUT2D eigenvalue weighted by atomic mass is 19.1. The smallest absolute Gasteiger partial charge is 0.319 e. The molecule has 2 aromatic carbocycles. The molecule has 0 unspecified atom stereocenters. The first-order valence-electron chi connectivity index (χ1n) is 6.53. The molecule has 0 atom stereocenters. The Kier molecular flexibility index (Phi) is 4.94. The molecule has 0 bridgehead atoms. The molecule has 0 spiro atoms. The molecule has 0 saturated carbocycles. The van der Waals surface area contributed by atoms with E-state index < -0.39 is 0 Å². The first kappa shape index (κ1) is 14.6. The van der Waals surface area contributed by atoms with Crippen molar-refractivity contribution in [1.29, 1.82) is 0 Å². The lowest BCUT2D eigenvalue weighted by Gasteiger charge is -2.08. The summed E-state index contributed by atoms with van der Waals surface area (Å²) < 4.78 is 12.7. The molecule has 0 fully saturated rings. The van der Waals surface area contributed by atoms with Crippen molar-refractivity contribution in [3.8, 4) is 12.3 Å². The number of benzene rings is 2. The van der Waals surface area contributed by atoms with E-state index in [-0.39, 0.29) is 11.8 Å². The van der Waals surface area contributed by atoms with Gasteiger partial charge in [0.25, 0.3) is 0 Å². The molecule has 0 aliphatic carbocycles. The number of nitrogens with one attached hydrogen (secondary N) is 2. The Balaban J connectivity index is 1.79. The van der Waals surface area contributed by atoms with Crippen molar-refractivity contribution < 1.29 is 9.18 Å². The Hall–Kier alpha value is -2.80. The molecule has 0 aliphatic rings. The minimum Gasteiger partial charge on any atom is -0.338 e. The molecule has 3 nitrogen and oxygen atoms in total. The summed E-state index contributed by atoms with van der Waals surface area (Å²) in [6.07, 6.45) is 5.94. The number of terminal acetylenes is 1. The van der Waals surface area contributed by atoms with Crippen LogP contribution in [0.3, 0.4) is 0 Å². The molecule has 0 radical (unpaired) electrons. The summed E-state index contributed by atoms with van der Waals surface area (Å²) in [6, 6.07) is 13.0. The van der Waals surface area contributed by atoms with E-state index in [0.717, 1.165) is 5.56 Å². The van der Waals surface area contributed by atoms with Crippen LogP contribution in [0.15, 0.2) is 48.5 Å². The highest BCUT2D eigenvalue weighted by Gasteiger charge is 2.02. The summed E-state index contributed by atoms with van der Waals surface area (Å²) in [5.41, 5.74) is 2.31. The number of rotatable bonds is 4. The third-order valence-corrected chi connectivity index (χ3v) is 2.90. The maximum absolute atomic E-state index is 12.7. The summed E-state index contributed by atoms with van der Waals surface area (Å²) in [5, 5.41) is 5.44. The minimum atomic E-state index is -0.300. The van der Waals surface area contributed by atoms with Gasteiger partial charge in [-0.1, -0.05) is 24.1 Å². The van der Waals surface area contributed by atoms with Crippen molar-refractivity contribution in [2.45, 2.75) is 6.42 Å². The fourth-order valence-electron chi connectivity index (χ4n) is 1.83. The molecule has 0 aromatic heterocycles.